The van der Waals surface area contributed by atoms with Crippen LogP contribution in [0.25, 0.3) is 22.0 Å². The van der Waals surface area contributed by atoms with Gasteiger partial charge in [-0.15, -0.1) is 0 Å². The Labute approximate surface area is 251 Å². The number of hydrogen-bond donors (Lipinski definition) is 1. The van der Waals surface area contributed by atoms with Gasteiger partial charge in [0.15, 0.2) is 0 Å². The van der Waals surface area contributed by atoms with Crippen molar-refractivity contribution in [3.05, 3.63) is 89.1 Å². The second-order valence-electron chi connectivity index (χ2n) is 10.7. The Hall–Kier alpha value is -4.43. The van der Waals surface area contributed by atoms with E-state index in [-0.39, 0.29) is 11.8 Å². The summed E-state index contributed by atoms with van der Waals surface area (Å²) in [5.41, 5.74) is 6.94. The maximum atomic E-state index is 13.0. The summed E-state index contributed by atoms with van der Waals surface area (Å²) in [7, 11) is 1.74. The number of amides is 2. The number of hydrogen-bond acceptors (Lipinski definition) is 4. The highest BCUT2D eigenvalue weighted by Crippen LogP contribution is 2.42. The number of H-pyrrole nitrogens is 1. The summed E-state index contributed by atoms with van der Waals surface area (Å²) >= 11 is 7.10. The molecule has 5 rings (SSSR count). The molecule has 4 aromatic rings. The summed E-state index contributed by atoms with van der Waals surface area (Å²) in [6.07, 6.45) is 4.00. The van der Waals surface area contributed by atoms with E-state index < -0.39 is 0 Å². The molecule has 0 radical (unpaired) electrons. The summed E-state index contributed by atoms with van der Waals surface area (Å²) < 4.78 is 0. The molecule has 8 nitrogen and oxygen atoms in total. The lowest BCUT2D eigenvalue weighted by atomic mass is 9.94. The van der Waals surface area contributed by atoms with Crippen LogP contribution in [0.5, 0.6) is 0 Å². The number of amidine groups is 1. The number of para-hydroxylation sites is 1. The molecule has 0 spiro atoms. The number of fused-ring (bicyclic) bond motifs is 1. The van der Waals surface area contributed by atoms with Crippen LogP contribution in [-0.2, 0) is 9.59 Å². The second kappa shape index (κ2) is 12.2. The number of carbonyl (C=O) groups excluding carboxylic acids is 2. The Balaban J connectivity index is 1.71. The van der Waals surface area contributed by atoms with Crippen molar-refractivity contribution >= 4 is 52.0 Å². The molecule has 0 unspecified atom stereocenters. The van der Waals surface area contributed by atoms with Crippen LogP contribution in [0.4, 0.5) is 11.4 Å². The van der Waals surface area contributed by atoms with Gasteiger partial charge in [-0.25, -0.2) is 0 Å². The number of piperazine rings is 1. The predicted molar refractivity (Wildman–Crippen MR) is 171 cm³/mol. The molecule has 9 heteroatoms. The molecular formula is C33H35ClN6O2. The van der Waals surface area contributed by atoms with Gasteiger partial charge < -0.3 is 9.80 Å². The molecule has 0 bridgehead atoms. The van der Waals surface area contributed by atoms with Crippen molar-refractivity contribution in [2.24, 2.45) is 4.99 Å². The smallest absolute Gasteiger partial charge is 0.246 e. The minimum Gasteiger partial charge on any atom is -0.353 e. The molecule has 1 aromatic heterocycles. The Kier molecular flexibility index (Phi) is 8.45. The number of benzene rings is 3. The largest absolute Gasteiger partial charge is 0.353 e. The van der Waals surface area contributed by atoms with Crippen LogP contribution in [0.1, 0.15) is 36.5 Å². The van der Waals surface area contributed by atoms with E-state index in [9.17, 15) is 9.59 Å². The Bertz CT molecular complexity index is 1680. The van der Waals surface area contributed by atoms with Gasteiger partial charge in [0.1, 0.15) is 5.84 Å². The first kappa shape index (κ1) is 29.1. The summed E-state index contributed by atoms with van der Waals surface area (Å²) in [6.45, 7) is 12.1. The highest BCUT2D eigenvalue weighted by atomic mass is 35.5. The van der Waals surface area contributed by atoms with Gasteiger partial charge in [-0.05, 0) is 59.9 Å². The molecule has 1 aliphatic heterocycles. The topological polar surface area (TPSA) is 84.9 Å². The van der Waals surface area contributed by atoms with E-state index in [2.05, 4.69) is 35.5 Å². The molecule has 0 saturated carbocycles. The van der Waals surface area contributed by atoms with E-state index in [1.54, 1.807) is 23.0 Å². The van der Waals surface area contributed by atoms with Gasteiger partial charge in [0.25, 0.3) is 0 Å². The van der Waals surface area contributed by atoms with Crippen LogP contribution in [0, 0.1) is 6.92 Å². The molecule has 0 aliphatic carbocycles. The number of aromatic nitrogens is 2. The third-order valence-corrected chi connectivity index (χ3v) is 8.20. The number of nitrogens with zero attached hydrogens (tertiary/aromatic N) is 5. The van der Waals surface area contributed by atoms with Crippen molar-refractivity contribution < 1.29 is 9.59 Å². The minimum atomic E-state index is -0.0843. The van der Waals surface area contributed by atoms with Crippen molar-refractivity contribution in [2.45, 2.75) is 26.7 Å². The number of nitrogens with one attached hydrogen (secondary N) is 1. The van der Waals surface area contributed by atoms with Gasteiger partial charge in [0.05, 0.1) is 23.1 Å². The molecule has 3 aromatic carbocycles. The van der Waals surface area contributed by atoms with E-state index in [1.165, 1.54) is 6.08 Å². The normalized spacial score (nSPS) is 14.0. The van der Waals surface area contributed by atoms with Crippen molar-refractivity contribution in [2.75, 3.05) is 38.1 Å². The molecule has 216 valence electrons. The first-order valence-electron chi connectivity index (χ1n) is 14.0. The number of aliphatic imine (C=N–C) groups is 1. The van der Waals surface area contributed by atoms with E-state index >= 15 is 0 Å². The molecule has 2 amide bonds. The van der Waals surface area contributed by atoms with Gasteiger partial charge in [0, 0.05) is 54.8 Å². The highest BCUT2D eigenvalue weighted by Gasteiger charge is 2.28. The van der Waals surface area contributed by atoms with Gasteiger partial charge in [0.2, 0.25) is 12.3 Å². The van der Waals surface area contributed by atoms with Gasteiger partial charge in [-0.1, -0.05) is 56.3 Å². The fourth-order valence-corrected chi connectivity index (χ4v) is 6.01. The third kappa shape index (κ3) is 5.30. The Morgan fingerprint density at radius 2 is 1.81 bits per heavy atom. The average Bonchev–Trinajstić information content (AvgIpc) is 3.48. The van der Waals surface area contributed by atoms with Crippen LogP contribution in [0.2, 0.25) is 5.02 Å². The molecule has 2 heterocycles. The SMILES string of the molecule is C=CC(=O)N1CCN(/C(=N/C)c2cc(Cl)c(-c3c(C)ccc4[nH]ncc34)cc2N(C=O)c2ccccc2C(C)C)CC1. The maximum absolute atomic E-state index is 13.0. The molecule has 1 saturated heterocycles. The molecule has 1 N–H and O–H groups in total. The van der Waals surface area contributed by atoms with Crippen molar-refractivity contribution in [3.63, 3.8) is 0 Å². The minimum absolute atomic E-state index is 0.0843. The molecule has 0 atom stereocenters. The first-order valence-corrected chi connectivity index (χ1v) is 14.4. The van der Waals surface area contributed by atoms with Crippen molar-refractivity contribution in [3.8, 4) is 11.1 Å². The maximum Gasteiger partial charge on any atom is 0.246 e. The van der Waals surface area contributed by atoms with Crippen LogP contribution >= 0.6 is 11.6 Å². The van der Waals surface area contributed by atoms with Crippen LogP contribution in [-0.4, -0.2) is 71.4 Å². The predicted octanol–water partition coefficient (Wildman–Crippen LogP) is 6.32. The van der Waals surface area contributed by atoms with Crippen LogP contribution in [0.3, 0.4) is 0 Å². The Morgan fingerprint density at radius 3 is 2.48 bits per heavy atom. The molecule has 1 aliphatic rings. The van der Waals surface area contributed by atoms with Crippen LogP contribution in [0.15, 0.2) is 72.4 Å². The lowest BCUT2D eigenvalue weighted by Crippen LogP contribution is -2.50. The number of aromatic amines is 1. The number of halogens is 1. The number of rotatable bonds is 7. The van der Waals surface area contributed by atoms with E-state index in [0.717, 1.165) is 50.8 Å². The summed E-state index contributed by atoms with van der Waals surface area (Å²) in [5.74, 6) is 0.811. The quantitative estimate of drug-likeness (QED) is 0.120. The summed E-state index contributed by atoms with van der Waals surface area (Å²) in [4.78, 5) is 35.5. The van der Waals surface area contributed by atoms with Gasteiger partial charge in [-0.2, -0.15) is 5.10 Å². The fraction of sp³-hybridized carbons (Fsp3) is 0.273. The lowest BCUT2D eigenvalue weighted by molar-refractivity contribution is -0.127. The molecule has 1 fully saturated rings. The fourth-order valence-electron chi connectivity index (χ4n) is 5.75. The first-order chi connectivity index (χ1) is 20.3. The standard InChI is InChI=1S/C33H35ClN6O2/c1-6-31(42)38-13-15-39(16-14-38)33(35-5)25-17-27(34)24(32-22(4)11-12-28-26(32)19-36-37-28)18-30(25)40(20-41)29-10-8-7-9-23(29)21(2)3/h6-12,17-21H,1,13-16H2,2-5H3,(H,36,37)/b35-33+. The number of carbonyl (C=O) groups is 2. The second-order valence-corrected chi connectivity index (χ2v) is 11.1. The highest BCUT2D eigenvalue weighted by molar-refractivity contribution is 6.34. The van der Waals surface area contributed by atoms with E-state index in [4.69, 9.17) is 16.6 Å². The zero-order valence-corrected chi connectivity index (χ0v) is 25.2. The van der Waals surface area contributed by atoms with Crippen molar-refractivity contribution in [1.82, 2.24) is 20.0 Å². The zero-order chi connectivity index (χ0) is 30.0. The monoisotopic (exact) mass is 582 g/mol. The number of aryl methyl sites for hydroxylation is 1. The van der Waals surface area contributed by atoms with Crippen LogP contribution < -0.4 is 4.90 Å². The zero-order valence-electron chi connectivity index (χ0n) is 24.4. The molecular weight excluding hydrogens is 548 g/mol. The van der Waals surface area contributed by atoms with Crippen molar-refractivity contribution in [1.29, 1.82) is 0 Å². The van der Waals surface area contributed by atoms with E-state index in [1.807, 2.05) is 55.5 Å². The van der Waals surface area contributed by atoms with E-state index in [0.29, 0.717) is 42.7 Å². The van der Waals surface area contributed by atoms with Gasteiger partial charge in [-0.3, -0.25) is 24.6 Å². The third-order valence-electron chi connectivity index (χ3n) is 7.89. The summed E-state index contributed by atoms with van der Waals surface area (Å²) in [6, 6.07) is 15.9. The number of anilines is 2. The van der Waals surface area contributed by atoms with Gasteiger partial charge >= 0.3 is 0 Å². The average molecular weight is 583 g/mol. The lowest BCUT2D eigenvalue weighted by Gasteiger charge is -2.37. The Morgan fingerprint density at radius 1 is 1.10 bits per heavy atom. The summed E-state index contributed by atoms with van der Waals surface area (Å²) in [5, 5.41) is 8.79. The molecule has 42 heavy (non-hydrogen) atoms.